The Morgan fingerprint density at radius 1 is 0.941 bits per heavy atom. The molecule has 0 saturated heterocycles. The Kier molecular flexibility index (Phi) is 5.84. The lowest BCUT2D eigenvalue weighted by Gasteiger charge is -2.13. The topological polar surface area (TPSA) is 99.1 Å². The molecule has 5 rings (SSSR count). The fourth-order valence-corrected chi connectivity index (χ4v) is 4.31. The number of carbonyl (C=O) groups excluding carboxylic acids is 1. The molecule has 168 valence electrons. The van der Waals surface area contributed by atoms with Gasteiger partial charge in [-0.15, -0.1) is 10.2 Å². The van der Waals surface area contributed by atoms with Crippen LogP contribution in [0, 0.1) is 0 Å². The number of pyridine rings is 2. The van der Waals surface area contributed by atoms with Gasteiger partial charge >= 0.3 is 0 Å². The monoisotopic (exact) mass is 469 g/mol. The number of benzene rings is 2. The molecule has 9 heteroatoms. The van der Waals surface area contributed by atoms with Gasteiger partial charge in [0, 0.05) is 28.9 Å². The summed E-state index contributed by atoms with van der Waals surface area (Å²) in [5.74, 6) is 0.981. The Balaban J connectivity index is 1.55. The normalized spacial score (nSPS) is 10.8. The highest BCUT2D eigenvalue weighted by Crippen LogP contribution is 2.35. The fourth-order valence-electron chi connectivity index (χ4n) is 3.56. The zero-order chi connectivity index (χ0) is 23.5. The van der Waals surface area contributed by atoms with Gasteiger partial charge in [0.1, 0.15) is 16.5 Å². The van der Waals surface area contributed by atoms with Gasteiger partial charge in [-0.05, 0) is 42.5 Å². The van der Waals surface area contributed by atoms with Crippen molar-refractivity contribution in [3.05, 3.63) is 78.6 Å². The average molecular weight is 470 g/mol. The van der Waals surface area contributed by atoms with Crippen molar-refractivity contribution in [2.45, 2.75) is 0 Å². The van der Waals surface area contributed by atoms with Gasteiger partial charge in [-0.3, -0.25) is 15.1 Å². The summed E-state index contributed by atoms with van der Waals surface area (Å²) < 4.78 is 10.9. The number of anilines is 1. The lowest BCUT2D eigenvalue weighted by atomic mass is 10.0. The van der Waals surface area contributed by atoms with E-state index in [1.54, 1.807) is 32.7 Å². The highest BCUT2D eigenvalue weighted by Gasteiger charge is 2.18. The average Bonchev–Trinajstić information content (AvgIpc) is 3.36. The number of methoxy groups -OCH3 is 2. The maximum absolute atomic E-state index is 13.4. The van der Waals surface area contributed by atoms with Gasteiger partial charge in [0.05, 0.1) is 31.0 Å². The predicted molar refractivity (Wildman–Crippen MR) is 131 cm³/mol. The Labute approximate surface area is 199 Å². The molecule has 0 saturated carbocycles. The number of para-hydroxylation sites is 1. The van der Waals surface area contributed by atoms with Crippen molar-refractivity contribution in [3.8, 4) is 33.3 Å². The third kappa shape index (κ3) is 4.16. The van der Waals surface area contributed by atoms with Crippen molar-refractivity contribution < 1.29 is 14.3 Å². The first kappa shape index (κ1) is 21.5. The maximum atomic E-state index is 13.4. The number of amides is 1. The minimum Gasteiger partial charge on any atom is -0.497 e. The van der Waals surface area contributed by atoms with E-state index in [2.05, 4.69) is 20.5 Å². The molecule has 0 atom stereocenters. The van der Waals surface area contributed by atoms with Crippen molar-refractivity contribution in [2.24, 2.45) is 0 Å². The van der Waals surface area contributed by atoms with Crippen LogP contribution in [0.15, 0.2) is 73.1 Å². The van der Waals surface area contributed by atoms with Crippen molar-refractivity contribution in [1.82, 2.24) is 20.2 Å². The quantitative estimate of drug-likeness (QED) is 0.370. The molecule has 3 aromatic heterocycles. The number of aromatic nitrogens is 4. The number of carbonyl (C=O) groups is 1. The van der Waals surface area contributed by atoms with Crippen LogP contribution in [0.25, 0.3) is 32.7 Å². The molecule has 34 heavy (non-hydrogen) atoms. The number of hydrogen-bond acceptors (Lipinski definition) is 8. The molecule has 1 amide bonds. The van der Waals surface area contributed by atoms with Gasteiger partial charge in [-0.1, -0.05) is 29.5 Å². The van der Waals surface area contributed by atoms with Crippen LogP contribution in [-0.4, -0.2) is 40.3 Å². The molecule has 2 aromatic carbocycles. The van der Waals surface area contributed by atoms with E-state index >= 15 is 0 Å². The lowest BCUT2D eigenvalue weighted by molar-refractivity contribution is 0.102. The largest absolute Gasteiger partial charge is 0.497 e. The van der Waals surface area contributed by atoms with Gasteiger partial charge in [-0.2, -0.15) is 0 Å². The van der Waals surface area contributed by atoms with E-state index in [4.69, 9.17) is 14.5 Å². The minimum absolute atomic E-state index is 0.306. The van der Waals surface area contributed by atoms with Crippen LogP contribution in [0.5, 0.6) is 11.5 Å². The smallest absolute Gasteiger partial charge is 0.258 e. The van der Waals surface area contributed by atoms with Crippen LogP contribution in [0.1, 0.15) is 10.4 Å². The first-order chi connectivity index (χ1) is 16.7. The molecule has 0 bridgehead atoms. The standard InChI is InChI=1S/C25H19N5O3S/c1-32-16-7-8-22(33-2)19(13-16)21-14-18(17-5-3-4-6-20(17)27-21)23(31)28-25-30-29-24(34-25)15-9-11-26-12-10-15/h3-14H,1-2H3,(H,28,30,31). The molecule has 3 heterocycles. The number of fused-ring (bicyclic) bond motifs is 1. The summed E-state index contributed by atoms with van der Waals surface area (Å²) in [4.78, 5) is 22.2. The second-order valence-corrected chi connectivity index (χ2v) is 8.22. The van der Waals surface area contributed by atoms with Crippen molar-refractivity contribution in [2.75, 3.05) is 19.5 Å². The maximum Gasteiger partial charge on any atom is 0.258 e. The SMILES string of the molecule is COc1ccc(OC)c(-c2cc(C(=O)Nc3nnc(-c4ccncc4)s3)c3ccccc3n2)c1. The summed E-state index contributed by atoms with van der Waals surface area (Å²) in [5, 5.41) is 13.0. The molecular formula is C25H19N5O3S. The second kappa shape index (κ2) is 9.24. The second-order valence-electron chi connectivity index (χ2n) is 7.24. The Morgan fingerprint density at radius 3 is 2.56 bits per heavy atom. The van der Waals surface area contributed by atoms with Gasteiger partial charge in [0.2, 0.25) is 5.13 Å². The lowest BCUT2D eigenvalue weighted by Crippen LogP contribution is -2.13. The van der Waals surface area contributed by atoms with Gasteiger partial charge in [0.25, 0.3) is 5.91 Å². The molecule has 0 aliphatic heterocycles. The van der Waals surface area contributed by atoms with E-state index in [0.29, 0.717) is 38.4 Å². The third-order valence-electron chi connectivity index (χ3n) is 5.22. The molecule has 1 N–H and O–H groups in total. The number of hydrogen-bond donors (Lipinski definition) is 1. The minimum atomic E-state index is -0.306. The van der Waals surface area contributed by atoms with E-state index in [1.165, 1.54) is 11.3 Å². The summed E-state index contributed by atoms with van der Waals surface area (Å²) in [7, 11) is 3.19. The first-order valence-electron chi connectivity index (χ1n) is 10.3. The molecule has 0 aliphatic carbocycles. The summed E-state index contributed by atoms with van der Waals surface area (Å²) in [6.07, 6.45) is 3.37. The third-order valence-corrected chi connectivity index (χ3v) is 6.10. The Bertz CT molecular complexity index is 1490. The van der Waals surface area contributed by atoms with Crippen molar-refractivity contribution in [1.29, 1.82) is 0 Å². The van der Waals surface area contributed by atoms with E-state index < -0.39 is 0 Å². The van der Waals surface area contributed by atoms with Crippen LogP contribution in [0.3, 0.4) is 0 Å². The van der Waals surface area contributed by atoms with Crippen molar-refractivity contribution >= 4 is 33.3 Å². The molecule has 0 radical (unpaired) electrons. The highest BCUT2D eigenvalue weighted by molar-refractivity contribution is 7.18. The molecule has 0 fully saturated rings. The van der Waals surface area contributed by atoms with Crippen molar-refractivity contribution in [3.63, 3.8) is 0 Å². The molecule has 0 aliphatic rings. The van der Waals surface area contributed by atoms with Crippen LogP contribution < -0.4 is 14.8 Å². The Morgan fingerprint density at radius 2 is 1.76 bits per heavy atom. The zero-order valence-corrected chi connectivity index (χ0v) is 19.2. The van der Waals surface area contributed by atoms with Crippen LogP contribution in [-0.2, 0) is 0 Å². The van der Waals surface area contributed by atoms with Gasteiger partial charge in [0.15, 0.2) is 0 Å². The van der Waals surface area contributed by atoms with E-state index in [1.807, 2.05) is 54.6 Å². The van der Waals surface area contributed by atoms with E-state index in [9.17, 15) is 4.79 Å². The number of nitrogens with one attached hydrogen (secondary N) is 1. The summed E-state index contributed by atoms with van der Waals surface area (Å²) in [6, 6.07) is 18.4. The molecule has 8 nitrogen and oxygen atoms in total. The summed E-state index contributed by atoms with van der Waals surface area (Å²) in [6.45, 7) is 0. The number of ether oxygens (including phenoxy) is 2. The molecule has 0 unspecified atom stereocenters. The summed E-state index contributed by atoms with van der Waals surface area (Å²) >= 11 is 1.29. The van der Waals surface area contributed by atoms with Gasteiger partial charge in [-0.25, -0.2) is 4.98 Å². The molecular weight excluding hydrogens is 450 g/mol. The van der Waals surface area contributed by atoms with E-state index in [0.717, 1.165) is 16.5 Å². The first-order valence-corrected chi connectivity index (χ1v) is 11.2. The molecule has 0 spiro atoms. The van der Waals surface area contributed by atoms with Crippen LogP contribution in [0.2, 0.25) is 0 Å². The summed E-state index contributed by atoms with van der Waals surface area (Å²) in [5.41, 5.74) is 3.34. The highest BCUT2D eigenvalue weighted by atomic mass is 32.1. The Hall–Kier alpha value is -4.37. The predicted octanol–water partition coefficient (Wildman–Crippen LogP) is 5.08. The van der Waals surface area contributed by atoms with Crippen LogP contribution >= 0.6 is 11.3 Å². The van der Waals surface area contributed by atoms with Gasteiger partial charge < -0.3 is 9.47 Å². The number of rotatable bonds is 6. The van der Waals surface area contributed by atoms with E-state index in [-0.39, 0.29) is 5.91 Å². The zero-order valence-electron chi connectivity index (χ0n) is 18.4. The molecule has 5 aromatic rings. The van der Waals surface area contributed by atoms with Crippen LogP contribution in [0.4, 0.5) is 5.13 Å². The number of nitrogens with zero attached hydrogens (tertiary/aromatic N) is 4. The fraction of sp³-hybridized carbons (Fsp3) is 0.0800.